The molecule has 6 nitrogen and oxygen atoms in total. The number of hydrogen-bond donors (Lipinski definition) is 0. The number of carbonyl (C=O) groups excluding carboxylic acids is 1. The number of amides is 2. The summed E-state index contributed by atoms with van der Waals surface area (Å²) in [5, 5.41) is 0. The van der Waals surface area contributed by atoms with E-state index in [1.54, 1.807) is 16.4 Å². The van der Waals surface area contributed by atoms with Crippen molar-refractivity contribution in [2.45, 2.75) is 68.3 Å². The zero-order valence-electron chi connectivity index (χ0n) is 19.8. The van der Waals surface area contributed by atoms with Crippen molar-refractivity contribution in [1.29, 1.82) is 0 Å². The maximum Gasteiger partial charge on any atom is 0.320 e. The van der Waals surface area contributed by atoms with E-state index in [1.165, 1.54) is 37.7 Å². The monoisotopic (exact) mass is 481 g/mol. The summed E-state index contributed by atoms with van der Waals surface area (Å²) in [6, 6.07) is 17.8. The van der Waals surface area contributed by atoms with Gasteiger partial charge in [0.2, 0.25) is 10.0 Å². The van der Waals surface area contributed by atoms with Crippen LogP contribution < -0.4 is 0 Å². The van der Waals surface area contributed by atoms with Crippen LogP contribution in [0.15, 0.2) is 59.5 Å². The average molecular weight is 482 g/mol. The molecule has 3 fully saturated rings. The van der Waals surface area contributed by atoms with E-state index >= 15 is 0 Å². The van der Waals surface area contributed by atoms with Crippen molar-refractivity contribution in [1.82, 2.24) is 14.1 Å². The smallest absolute Gasteiger partial charge is 0.320 e. The van der Waals surface area contributed by atoms with Gasteiger partial charge in [0.25, 0.3) is 0 Å². The van der Waals surface area contributed by atoms with Crippen LogP contribution in [0, 0.1) is 0 Å². The minimum Gasteiger partial charge on any atom is -0.320 e. The molecule has 2 aromatic rings. The van der Waals surface area contributed by atoms with Gasteiger partial charge < -0.3 is 9.80 Å². The fourth-order valence-corrected chi connectivity index (χ4v) is 7.25. The summed E-state index contributed by atoms with van der Waals surface area (Å²) in [7, 11) is -3.50. The van der Waals surface area contributed by atoms with E-state index in [-0.39, 0.29) is 12.1 Å². The van der Waals surface area contributed by atoms with Crippen LogP contribution in [0.3, 0.4) is 0 Å². The van der Waals surface area contributed by atoms with Gasteiger partial charge in [0, 0.05) is 38.8 Å². The Labute approximate surface area is 203 Å². The maximum absolute atomic E-state index is 13.3. The van der Waals surface area contributed by atoms with Crippen molar-refractivity contribution >= 4 is 16.1 Å². The average Bonchev–Trinajstić information content (AvgIpc) is 3.25. The Bertz CT molecular complexity index is 1070. The van der Waals surface area contributed by atoms with Gasteiger partial charge in [-0.05, 0) is 54.9 Å². The summed E-state index contributed by atoms with van der Waals surface area (Å²) < 4.78 is 28.1. The first kappa shape index (κ1) is 23.4. The largest absolute Gasteiger partial charge is 0.320 e. The molecule has 0 bridgehead atoms. The van der Waals surface area contributed by atoms with Crippen molar-refractivity contribution in [2.24, 2.45) is 0 Å². The van der Waals surface area contributed by atoms with Crippen molar-refractivity contribution in [3.05, 3.63) is 65.7 Å². The number of benzene rings is 2. The fraction of sp³-hybridized carbons (Fsp3) is 0.519. The van der Waals surface area contributed by atoms with Gasteiger partial charge in [-0.15, -0.1) is 0 Å². The topological polar surface area (TPSA) is 60.9 Å². The van der Waals surface area contributed by atoms with Gasteiger partial charge in [-0.2, -0.15) is 4.31 Å². The summed E-state index contributed by atoms with van der Waals surface area (Å²) >= 11 is 0. The number of hydrogen-bond acceptors (Lipinski definition) is 3. The highest BCUT2D eigenvalue weighted by Crippen LogP contribution is 2.33. The van der Waals surface area contributed by atoms with Crippen molar-refractivity contribution < 1.29 is 13.2 Å². The van der Waals surface area contributed by atoms with Crippen molar-refractivity contribution in [3.8, 4) is 0 Å². The van der Waals surface area contributed by atoms with Gasteiger partial charge in [-0.25, -0.2) is 13.2 Å². The normalized spacial score (nSPS) is 21.4. The summed E-state index contributed by atoms with van der Waals surface area (Å²) in [6.45, 7) is 2.98. The van der Waals surface area contributed by atoms with Crippen LogP contribution in [-0.2, 0) is 16.6 Å². The number of rotatable bonds is 6. The van der Waals surface area contributed by atoms with Crippen LogP contribution in [0.2, 0.25) is 0 Å². The van der Waals surface area contributed by atoms with E-state index in [0.29, 0.717) is 49.8 Å². The second kappa shape index (κ2) is 10.1. The van der Waals surface area contributed by atoms with E-state index < -0.39 is 10.0 Å². The SMILES string of the molecule is O=C1N(Cc2ccccc2)CCN1C1CCN(S(=O)(=O)c2ccc(C3CCCCC3)cc2)CC1. The number of nitrogens with zero attached hydrogens (tertiary/aromatic N) is 3. The lowest BCUT2D eigenvalue weighted by atomic mass is 9.84. The molecular weight excluding hydrogens is 446 g/mol. The van der Waals surface area contributed by atoms with Gasteiger partial charge in [0.05, 0.1) is 4.90 Å². The van der Waals surface area contributed by atoms with E-state index in [0.717, 1.165) is 12.1 Å². The van der Waals surface area contributed by atoms with Crippen LogP contribution >= 0.6 is 0 Å². The highest BCUT2D eigenvalue weighted by Gasteiger charge is 2.37. The Morgan fingerprint density at radius 2 is 1.44 bits per heavy atom. The van der Waals surface area contributed by atoms with E-state index in [2.05, 4.69) is 0 Å². The molecule has 34 heavy (non-hydrogen) atoms. The lowest BCUT2D eigenvalue weighted by Gasteiger charge is -2.36. The first-order chi connectivity index (χ1) is 16.5. The minimum atomic E-state index is -3.50. The predicted octanol–water partition coefficient (Wildman–Crippen LogP) is 4.83. The Morgan fingerprint density at radius 3 is 2.12 bits per heavy atom. The Hall–Kier alpha value is -2.38. The molecule has 0 spiro atoms. The Balaban J connectivity index is 1.17. The standard InChI is InChI=1S/C27H35N3O3S/c31-27-28(21-22-7-3-1-4-8-22)19-20-30(27)25-15-17-29(18-16-25)34(32,33)26-13-11-24(12-14-26)23-9-5-2-6-10-23/h1,3-4,7-8,11-14,23,25H,2,5-6,9-10,15-21H2. The first-order valence-corrected chi connectivity index (χ1v) is 14.2. The quantitative estimate of drug-likeness (QED) is 0.594. The molecule has 0 radical (unpaired) electrons. The highest BCUT2D eigenvalue weighted by molar-refractivity contribution is 7.89. The molecule has 0 unspecified atom stereocenters. The molecule has 2 amide bonds. The summed E-state index contributed by atoms with van der Waals surface area (Å²) in [5.74, 6) is 0.570. The molecule has 5 rings (SSSR count). The molecule has 2 aromatic carbocycles. The molecule has 2 saturated heterocycles. The van der Waals surface area contributed by atoms with Crippen LogP contribution in [-0.4, -0.2) is 60.8 Å². The number of urea groups is 1. The van der Waals surface area contributed by atoms with Crippen molar-refractivity contribution in [3.63, 3.8) is 0 Å². The summed E-state index contributed by atoms with van der Waals surface area (Å²) in [4.78, 5) is 17.2. The number of sulfonamides is 1. The van der Waals surface area contributed by atoms with E-state index in [1.807, 2.05) is 52.3 Å². The summed E-state index contributed by atoms with van der Waals surface area (Å²) in [6.07, 6.45) is 7.63. The van der Waals surface area contributed by atoms with Gasteiger partial charge >= 0.3 is 6.03 Å². The first-order valence-electron chi connectivity index (χ1n) is 12.7. The minimum absolute atomic E-state index is 0.0726. The molecule has 0 aromatic heterocycles. The predicted molar refractivity (Wildman–Crippen MR) is 133 cm³/mol. The molecule has 1 aliphatic carbocycles. The second-order valence-corrected chi connectivity index (χ2v) is 11.9. The Morgan fingerprint density at radius 1 is 0.765 bits per heavy atom. The zero-order chi connectivity index (χ0) is 23.5. The Kier molecular flexibility index (Phi) is 6.93. The lowest BCUT2D eigenvalue weighted by molar-refractivity contribution is 0.153. The highest BCUT2D eigenvalue weighted by atomic mass is 32.2. The molecule has 1 saturated carbocycles. The van der Waals surface area contributed by atoms with Crippen LogP contribution in [0.4, 0.5) is 4.79 Å². The van der Waals surface area contributed by atoms with Gasteiger partial charge in [-0.3, -0.25) is 0 Å². The third-order valence-electron chi connectivity index (χ3n) is 7.80. The molecular formula is C27H35N3O3S. The van der Waals surface area contributed by atoms with E-state index in [9.17, 15) is 13.2 Å². The molecule has 0 atom stereocenters. The van der Waals surface area contributed by atoms with Gasteiger partial charge in [0.1, 0.15) is 0 Å². The maximum atomic E-state index is 13.3. The molecule has 7 heteroatoms. The molecule has 3 aliphatic rings. The second-order valence-electron chi connectivity index (χ2n) is 9.92. The van der Waals surface area contributed by atoms with Crippen LogP contribution in [0.1, 0.15) is 62.0 Å². The third-order valence-corrected chi connectivity index (χ3v) is 9.71. The van der Waals surface area contributed by atoms with Crippen LogP contribution in [0.5, 0.6) is 0 Å². The fourth-order valence-electron chi connectivity index (χ4n) is 5.78. The number of carbonyl (C=O) groups is 1. The van der Waals surface area contributed by atoms with Crippen LogP contribution in [0.25, 0.3) is 0 Å². The molecule has 2 aliphatic heterocycles. The summed E-state index contributed by atoms with van der Waals surface area (Å²) in [5.41, 5.74) is 2.40. The number of piperidine rings is 1. The molecule has 2 heterocycles. The molecule has 182 valence electrons. The van der Waals surface area contributed by atoms with Gasteiger partial charge in [-0.1, -0.05) is 61.7 Å². The van der Waals surface area contributed by atoms with Crippen molar-refractivity contribution in [2.75, 3.05) is 26.2 Å². The lowest BCUT2D eigenvalue weighted by Crippen LogP contribution is -2.47. The van der Waals surface area contributed by atoms with E-state index in [4.69, 9.17) is 0 Å². The molecule has 0 N–H and O–H groups in total. The third kappa shape index (κ3) is 4.86. The van der Waals surface area contributed by atoms with Gasteiger partial charge in [0.15, 0.2) is 0 Å². The zero-order valence-corrected chi connectivity index (χ0v) is 20.6.